The van der Waals surface area contributed by atoms with Crippen LogP contribution in [0.4, 0.5) is 11.4 Å². The van der Waals surface area contributed by atoms with Gasteiger partial charge in [-0.15, -0.1) is 0 Å². The molecule has 2 aromatic rings. The second-order valence-corrected chi connectivity index (χ2v) is 5.81. The molecule has 1 aliphatic carbocycles. The molecule has 0 heterocycles. The molecule has 118 valence electrons. The zero-order valence-electron chi connectivity index (χ0n) is 13.0. The van der Waals surface area contributed by atoms with Crippen LogP contribution >= 0.6 is 0 Å². The van der Waals surface area contributed by atoms with Crippen LogP contribution in [0.25, 0.3) is 0 Å². The fourth-order valence-electron chi connectivity index (χ4n) is 3.16. The van der Waals surface area contributed by atoms with E-state index in [0.717, 1.165) is 24.9 Å². The Hall–Kier alpha value is -2.69. The number of anilines is 1. The van der Waals surface area contributed by atoms with Gasteiger partial charge in [0.2, 0.25) is 0 Å². The maximum Gasteiger partial charge on any atom is 0.273 e. The predicted octanol–water partition coefficient (Wildman–Crippen LogP) is 4.03. The molecule has 1 amide bonds. The van der Waals surface area contributed by atoms with E-state index in [-0.39, 0.29) is 11.6 Å². The van der Waals surface area contributed by atoms with Gasteiger partial charge >= 0.3 is 0 Å². The van der Waals surface area contributed by atoms with Crippen molar-refractivity contribution < 1.29 is 9.72 Å². The number of carbonyl (C=O) groups excluding carboxylic acids is 1. The SMILES string of the molecule is Cc1c(C(=O)Nc2cccc3c2CCCC3)cccc1[N+](=O)[O-]. The summed E-state index contributed by atoms with van der Waals surface area (Å²) in [5.74, 6) is -0.301. The number of fused-ring (bicyclic) bond motifs is 1. The maximum atomic E-state index is 12.6. The van der Waals surface area contributed by atoms with Crippen LogP contribution in [-0.4, -0.2) is 10.8 Å². The van der Waals surface area contributed by atoms with Crippen LogP contribution < -0.4 is 5.32 Å². The highest BCUT2D eigenvalue weighted by Gasteiger charge is 2.20. The van der Waals surface area contributed by atoms with Gasteiger partial charge < -0.3 is 5.32 Å². The van der Waals surface area contributed by atoms with Crippen LogP contribution in [0.1, 0.15) is 39.9 Å². The van der Waals surface area contributed by atoms with E-state index in [1.807, 2.05) is 12.1 Å². The average Bonchev–Trinajstić information content (AvgIpc) is 2.55. The molecule has 3 rings (SSSR count). The van der Waals surface area contributed by atoms with Crippen LogP contribution in [0.3, 0.4) is 0 Å². The fraction of sp³-hybridized carbons (Fsp3) is 0.278. The lowest BCUT2D eigenvalue weighted by Gasteiger charge is -2.19. The molecule has 0 aliphatic heterocycles. The van der Waals surface area contributed by atoms with E-state index in [1.165, 1.54) is 23.6 Å². The number of nitrogens with zero attached hydrogens (tertiary/aromatic N) is 1. The van der Waals surface area contributed by atoms with Crippen molar-refractivity contribution in [3.05, 3.63) is 68.8 Å². The van der Waals surface area contributed by atoms with Crippen LogP contribution in [0.5, 0.6) is 0 Å². The van der Waals surface area contributed by atoms with E-state index < -0.39 is 4.92 Å². The number of benzene rings is 2. The Morgan fingerprint density at radius 1 is 1.13 bits per heavy atom. The van der Waals surface area contributed by atoms with Gasteiger partial charge in [0.05, 0.1) is 4.92 Å². The average molecular weight is 310 g/mol. The molecule has 1 aliphatic rings. The van der Waals surface area contributed by atoms with Crippen LogP contribution in [0, 0.1) is 17.0 Å². The van der Waals surface area contributed by atoms with E-state index in [1.54, 1.807) is 19.1 Å². The summed E-state index contributed by atoms with van der Waals surface area (Å²) in [7, 11) is 0. The third kappa shape index (κ3) is 2.95. The Morgan fingerprint density at radius 2 is 1.87 bits per heavy atom. The smallest absolute Gasteiger partial charge is 0.273 e. The zero-order valence-corrected chi connectivity index (χ0v) is 13.0. The summed E-state index contributed by atoms with van der Waals surface area (Å²) in [4.78, 5) is 23.1. The van der Waals surface area contributed by atoms with Gasteiger partial charge in [0.15, 0.2) is 0 Å². The summed E-state index contributed by atoms with van der Waals surface area (Å²) in [5, 5.41) is 14.0. The van der Waals surface area contributed by atoms with Crippen molar-refractivity contribution in [3.63, 3.8) is 0 Å². The first-order valence-electron chi connectivity index (χ1n) is 7.74. The Morgan fingerprint density at radius 3 is 2.65 bits per heavy atom. The Labute approximate surface area is 134 Å². The largest absolute Gasteiger partial charge is 0.322 e. The van der Waals surface area contributed by atoms with Gasteiger partial charge in [0.1, 0.15) is 0 Å². The molecular formula is C18H18N2O3. The van der Waals surface area contributed by atoms with Gasteiger partial charge in [-0.3, -0.25) is 14.9 Å². The third-order valence-electron chi connectivity index (χ3n) is 4.39. The van der Waals surface area contributed by atoms with Gasteiger partial charge in [0, 0.05) is 22.9 Å². The molecule has 2 aromatic carbocycles. The summed E-state index contributed by atoms with van der Waals surface area (Å²) in [6.45, 7) is 1.60. The molecule has 0 unspecified atom stereocenters. The molecule has 0 spiro atoms. The molecule has 0 atom stereocenters. The standard InChI is InChI=1S/C18H18N2O3/c1-12-14(9-5-11-17(12)20(22)23)18(21)19-16-10-4-7-13-6-2-3-8-15(13)16/h4-5,7,9-11H,2-3,6,8H2,1H3,(H,19,21). The molecule has 0 aromatic heterocycles. The van der Waals surface area contributed by atoms with Gasteiger partial charge in [-0.05, 0) is 55.9 Å². The lowest BCUT2D eigenvalue weighted by atomic mass is 9.90. The fourth-order valence-corrected chi connectivity index (χ4v) is 3.16. The number of carbonyl (C=O) groups is 1. The van der Waals surface area contributed by atoms with Crippen molar-refractivity contribution in [1.82, 2.24) is 0 Å². The first-order chi connectivity index (χ1) is 11.1. The molecule has 0 radical (unpaired) electrons. The first kappa shape index (κ1) is 15.2. The van der Waals surface area contributed by atoms with E-state index in [0.29, 0.717) is 11.1 Å². The highest BCUT2D eigenvalue weighted by Crippen LogP contribution is 2.29. The number of amides is 1. The van der Waals surface area contributed by atoms with Crippen molar-refractivity contribution in [2.24, 2.45) is 0 Å². The van der Waals surface area contributed by atoms with Gasteiger partial charge in [-0.2, -0.15) is 0 Å². The molecule has 5 nitrogen and oxygen atoms in total. The second kappa shape index (κ2) is 6.20. The predicted molar refractivity (Wildman–Crippen MR) is 88.9 cm³/mol. The summed E-state index contributed by atoms with van der Waals surface area (Å²) in [5.41, 5.74) is 3.98. The second-order valence-electron chi connectivity index (χ2n) is 5.81. The van der Waals surface area contributed by atoms with Crippen LogP contribution in [0.2, 0.25) is 0 Å². The highest BCUT2D eigenvalue weighted by atomic mass is 16.6. The number of aryl methyl sites for hydroxylation is 1. The van der Waals surface area contributed by atoms with Gasteiger partial charge in [-0.1, -0.05) is 18.2 Å². The van der Waals surface area contributed by atoms with E-state index in [9.17, 15) is 14.9 Å². The number of rotatable bonds is 3. The quantitative estimate of drug-likeness (QED) is 0.687. The lowest BCUT2D eigenvalue weighted by Crippen LogP contribution is -2.16. The summed E-state index contributed by atoms with van der Waals surface area (Å²) in [6, 6.07) is 10.5. The molecule has 0 bridgehead atoms. The topological polar surface area (TPSA) is 72.2 Å². The van der Waals surface area contributed by atoms with Gasteiger partial charge in [-0.25, -0.2) is 0 Å². The van der Waals surface area contributed by atoms with Crippen molar-refractivity contribution in [3.8, 4) is 0 Å². The minimum Gasteiger partial charge on any atom is -0.322 e. The molecule has 0 saturated heterocycles. The Balaban J connectivity index is 1.92. The van der Waals surface area contributed by atoms with Crippen LogP contribution in [-0.2, 0) is 12.8 Å². The molecule has 5 heteroatoms. The minimum absolute atomic E-state index is 0.0345. The van der Waals surface area contributed by atoms with Gasteiger partial charge in [0.25, 0.3) is 11.6 Å². The zero-order chi connectivity index (χ0) is 16.4. The normalized spacial score (nSPS) is 13.3. The van der Waals surface area contributed by atoms with E-state index in [4.69, 9.17) is 0 Å². The number of nitrogens with one attached hydrogen (secondary N) is 1. The maximum absolute atomic E-state index is 12.6. The third-order valence-corrected chi connectivity index (χ3v) is 4.39. The molecule has 1 N–H and O–H groups in total. The van der Waals surface area contributed by atoms with Crippen molar-refractivity contribution in [2.45, 2.75) is 32.6 Å². The minimum atomic E-state index is -0.462. The summed E-state index contributed by atoms with van der Waals surface area (Å²) < 4.78 is 0. The van der Waals surface area contributed by atoms with Crippen molar-refractivity contribution >= 4 is 17.3 Å². The van der Waals surface area contributed by atoms with E-state index >= 15 is 0 Å². The number of hydrogen-bond donors (Lipinski definition) is 1. The summed E-state index contributed by atoms with van der Waals surface area (Å²) >= 11 is 0. The van der Waals surface area contributed by atoms with Crippen molar-refractivity contribution in [2.75, 3.05) is 5.32 Å². The first-order valence-corrected chi connectivity index (χ1v) is 7.74. The Kier molecular flexibility index (Phi) is 4.10. The number of nitro groups is 1. The van der Waals surface area contributed by atoms with E-state index in [2.05, 4.69) is 11.4 Å². The number of hydrogen-bond acceptors (Lipinski definition) is 3. The summed E-state index contributed by atoms with van der Waals surface area (Å²) in [6.07, 6.45) is 4.29. The van der Waals surface area contributed by atoms with Crippen LogP contribution in [0.15, 0.2) is 36.4 Å². The monoisotopic (exact) mass is 310 g/mol. The van der Waals surface area contributed by atoms with Crippen molar-refractivity contribution in [1.29, 1.82) is 0 Å². The Bertz CT molecular complexity index is 784. The highest BCUT2D eigenvalue weighted by molar-refractivity contribution is 6.06. The molecular weight excluding hydrogens is 292 g/mol. The lowest BCUT2D eigenvalue weighted by molar-refractivity contribution is -0.385. The molecule has 0 fully saturated rings. The molecule has 23 heavy (non-hydrogen) atoms. The number of nitro benzene ring substituents is 1. The molecule has 0 saturated carbocycles.